The molecule has 6 nitrogen and oxygen atoms in total. The van der Waals surface area contributed by atoms with E-state index >= 15 is 0 Å². The van der Waals surface area contributed by atoms with Crippen LogP contribution in [0.3, 0.4) is 0 Å². The average Bonchev–Trinajstić information content (AvgIpc) is 3.36. The molecule has 6 heteroatoms. The van der Waals surface area contributed by atoms with Gasteiger partial charge < -0.3 is 10.1 Å². The summed E-state index contributed by atoms with van der Waals surface area (Å²) in [6.45, 7) is 4.66. The second-order valence-corrected chi connectivity index (χ2v) is 7.82. The van der Waals surface area contributed by atoms with Gasteiger partial charge in [0.2, 0.25) is 5.91 Å². The van der Waals surface area contributed by atoms with E-state index < -0.39 is 0 Å². The monoisotopic (exact) mass is 332 g/mol. The molecule has 4 rings (SSSR count). The second kappa shape index (κ2) is 6.48. The van der Waals surface area contributed by atoms with Gasteiger partial charge in [0.1, 0.15) is 0 Å². The van der Waals surface area contributed by atoms with Gasteiger partial charge in [-0.15, -0.1) is 0 Å². The summed E-state index contributed by atoms with van der Waals surface area (Å²) >= 11 is 0. The number of nitrogens with zero attached hydrogens (tertiary/aromatic N) is 3. The van der Waals surface area contributed by atoms with Gasteiger partial charge in [-0.25, -0.2) is 0 Å². The van der Waals surface area contributed by atoms with Crippen LogP contribution in [0, 0.1) is 11.3 Å². The molecule has 3 aliphatic rings. The zero-order valence-corrected chi connectivity index (χ0v) is 14.5. The number of likely N-dealkylation sites (tertiary alicyclic amines) is 1. The molecule has 0 bridgehead atoms. The first-order chi connectivity index (χ1) is 11.6. The van der Waals surface area contributed by atoms with Crippen LogP contribution in [0.5, 0.6) is 0 Å². The molecule has 24 heavy (non-hydrogen) atoms. The van der Waals surface area contributed by atoms with E-state index in [4.69, 9.17) is 4.74 Å². The first-order valence-electron chi connectivity index (χ1n) is 9.23. The summed E-state index contributed by atoms with van der Waals surface area (Å²) in [7, 11) is 1.96. The molecule has 1 aliphatic carbocycles. The highest BCUT2D eigenvalue weighted by molar-refractivity contribution is 5.81. The van der Waals surface area contributed by atoms with Crippen molar-refractivity contribution in [1.29, 1.82) is 0 Å². The number of amides is 1. The fourth-order valence-electron chi connectivity index (χ4n) is 4.22. The van der Waals surface area contributed by atoms with Crippen molar-refractivity contribution in [3.05, 3.63) is 18.0 Å². The third-order valence-electron chi connectivity index (χ3n) is 6.05. The lowest BCUT2D eigenvalue weighted by molar-refractivity contribution is -0.127. The van der Waals surface area contributed by atoms with E-state index in [1.807, 2.05) is 17.9 Å². The van der Waals surface area contributed by atoms with Gasteiger partial charge in [-0.3, -0.25) is 14.4 Å². The molecule has 1 N–H and O–H groups in total. The lowest BCUT2D eigenvalue weighted by Gasteiger charge is -2.49. The average molecular weight is 332 g/mol. The summed E-state index contributed by atoms with van der Waals surface area (Å²) in [6.07, 6.45) is 9.54. The van der Waals surface area contributed by atoms with Gasteiger partial charge in [0.05, 0.1) is 18.8 Å². The minimum Gasteiger partial charge on any atom is -0.379 e. The standard InChI is InChI=1S/C18H28N4O2/c1-21-11-14(10-19-21)12-22-7-4-18(5-8-22)6-9-24-13-16(18)20-17(23)15-2-3-15/h10-11,15-16H,2-9,12-13H2,1H3,(H,20,23). The highest BCUT2D eigenvalue weighted by atomic mass is 16.5. The molecule has 3 heterocycles. The Bertz CT molecular complexity index is 588. The van der Waals surface area contributed by atoms with Crippen LogP contribution in [0.15, 0.2) is 12.4 Å². The lowest BCUT2D eigenvalue weighted by atomic mass is 9.69. The largest absolute Gasteiger partial charge is 0.379 e. The number of hydrogen-bond acceptors (Lipinski definition) is 4. The first kappa shape index (κ1) is 16.1. The van der Waals surface area contributed by atoms with Crippen LogP contribution >= 0.6 is 0 Å². The Hall–Kier alpha value is -1.40. The second-order valence-electron chi connectivity index (χ2n) is 7.82. The van der Waals surface area contributed by atoms with Gasteiger partial charge in [-0.05, 0) is 50.6 Å². The lowest BCUT2D eigenvalue weighted by Crippen LogP contribution is -2.57. The zero-order valence-electron chi connectivity index (χ0n) is 14.5. The smallest absolute Gasteiger partial charge is 0.223 e. The van der Waals surface area contributed by atoms with Crippen LogP contribution in [0.2, 0.25) is 0 Å². The van der Waals surface area contributed by atoms with E-state index in [9.17, 15) is 4.79 Å². The molecule has 0 aromatic carbocycles. The SMILES string of the molecule is Cn1cc(CN2CCC3(CCOCC3NC(=O)C3CC3)CC2)cn1. The number of piperidine rings is 1. The van der Waals surface area contributed by atoms with Crippen LogP contribution in [-0.2, 0) is 23.1 Å². The van der Waals surface area contributed by atoms with Crippen LogP contribution in [-0.4, -0.2) is 52.9 Å². The molecule has 1 aromatic rings. The van der Waals surface area contributed by atoms with E-state index in [0.717, 1.165) is 58.3 Å². The van der Waals surface area contributed by atoms with E-state index in [-0.39, 0.29) is 23.3 Å². The summed E-state index contributed by atoms with van der Waals surface area (Å²) < 4.78 is 7.56. The van der Waals surface area contributed by atoms with Crippen LogP contribution in [0.25, 0.3) is 0 Å². The maximum Gasteiger partial charge on any atom is 0.223 e. The van der Waals surface area contributed by atoms with Crippen LogP contribution in [0.1, 0.15) is 37.7 Å². The number of rotatable bonds is 4. The number of carbonyl (C=O) groups excluding carboxylic acids is 1. The number of ether oxygens (including phenoxy) is 1. The first-order valence-corrected chi connectivity index (χ1v) is 9.23. The Kier molecular flexibility index (Phi) is 4.35. The molecule has 0 radical (unpaired) electrons. The molecule has 1 saturated carbocycles. The van der Waals surface area contributed by atoms with Crippen LogP contribution in [0.4, 0.5) is 0 Å². The minimum atomic E-state index is 0.194. The Morgan fingerprint density at radius 2 is 2.17 bits per heavy atom. The fraction of sp³-hybridized carbons (Fsp3) is 0.778. The van der Waals surface area contributed by atoms with Crippen molar-refractivity contribution in [2.75, 3.05) is 26.3 Å². The molecule has 1 unspecified atom stereocenters. The topological polar surface area (TPSA) is 59.4 Å². The fourth-order valence-corrected chi connectivity index (χ4v) is 4.22. The third kappa shape index (κ3) is 3.35. The maximum atomic E-state index is 12.2. The molecule has 132 valence electrons. The van der Waals surface area contributed by atoms with Crippen molar-refractivity contribution in [1.82, 2.24) is 20.0 Å². The molecule has 1 aromatic heterocycles. The number of carbonyl (C=O) groups is 1. The van der Waals surface area contributed by atoms with Gasteiger partial charge in [-0.2, -0.15) is 5.10 Å². The van der Waals surface area contributed by atoms with Crippen LogP contribution < -0.4 is 5.32 Å². The summed E-state index contributed by atoms with van der Waals surface area (Å²) in [5.74, 6) is 0.525. The van der Waals surface area contributed by atoms with E-state index in [1.165, 1.54) is 5.56 Å². The molecule has 2 aliphatic heterocycles. The Balaban J connectivity index is 1.36. The Morgan fingerprint density at radius 1 is 1.38 bits per heavy atom. The zero-order chi connectivity index (χ0) is 16.6. The Morgan fingerprint density at radius 3 is 2.83 bits per heavy atom. The predicted molar refractivity (Wildman–Crippen MR) is 90.2 cm³/mol. The van der Waals surface area contributed by atoms with E-state index in [1.54, 1.807) is 0 Å². The Labute approximate surface area is 143 Å². The highest BCUT2D eigenvalue weighted by Gasteiger charge is 2.45. The number of aromatic nitrogens is 2. The molecule has 3 fully saturated rings. The van der Waals surface area contributed by atoms with Crippen molar-refractivity contribution in [2.45, 2.75) is 44.7 Å². The summed E-state index contributed by atoms with van der Waals surface area (Å²) in [4.78, 5) is 14.7. The summed E-state index contributed by atoms with van der Waals surface area (Å²) in [5.41, 5.74) is 1.51. The van der Waals surface area contributed by atoms with Crippen molar-refractivity contribution in [3.8, 4) is 0 Å². The van der Waals surface area contributed by atoms with Crippen molar-refractivity contribution < 1.29 is 9.53 Å². The molecule has 2 saturated heterocycles. The maximum absolute atomic E-state index is 12.2. The van der Waals surface area contributed by atoms with E-state index in [2.05, 4.69) is 21.5 Å². The number of hydrogen-bond donors (Lipinski definition) is 1. The molecule has 1 atom stereocenters. The molecular weight excluding hydrogens is 304 g/mol. The normalized spacial score (nSPS) is 27.3. The van der Waals surface area contributed by atoms with Gasteiger partial charge in [0.25, 0.3) is 0 Å². The quantitative estimate of drug-likeness (QED) is 0.903. The van der Waals surface area contributed by atoms with Gasteiger partial charge >= 0.3 is 0 Å². The number of aryl methyl sites for hydroxylation is 1. The van der Waals surface area contributed by atoms with E-state index in [0.29, 0.717) is 6.61 Å². The molecular formula is C18H28N4O2. The van der Waals surface area contributed by atoms with Crippen molar-refractivity contribution in [3.63, 3.8) is 0 Å². The molecule has 1 amide bonds. The van der Waals surface area contributed by atoms with Gasteiger partial charge in [0.15, 0.2) is 0 Å². The van der Waals surface area contributed by atoms with Gasteiger partial charge in [-0.1, -0.05) is 0 Å². The highest BCUT2D eigenvalue weighted by Crippen LogP contribution is 2.42. The third-order valence-corrected chi connectivity index (χ3v) is 6.05. The summed E-state index contributed by atoms with van der Waals surface area (Å²) in [6, 6.07) is 0.194. The number of nitrogens with one attached hydrogen (secondary N) is 1. The summed E-state index contributed by atoms with van der Waals surface area (Å²) in [5, 5.41) is 7.57. The minimum absolute atomic E-state index is 0.194. The molecule has 1 spiro atoms. The van der Waals surface area contributed by atoms with Crippen molar-refractivity contribution >= 4 is 5.91 Å². The van der Waals surface area contributed by atoms with Crippen molar-refractivity contribution in [2.24, 2.45) is 18.4 Å². The van der Waals surface area contributed by atoms with Gasteiger partial charge in [0, 0.05) is 37.9 Å². The predicted octanol–water partition coefficient (Wildman–Crippen LogP) is 1.32.